The van der Waals surface area contributed by atoms with Crippen LogP contribution in [0.25, 0.3) is 0 Å². The second-order valence-corrected chi connectivity index (χ2v) is 5.77. The van der Waals surface area contributed by atoms with Gasteiger partial charge in [0.2, 0.25) is 0 Å². The van der Waals surface area contributed by atoms with Crippen LogP contribution in [-0.4, -0.2) is 48.0 Å². The number of aliphatic hydroxyl groups is 1. The number of hydrogen-bond acceptors (Lipinski definition) is 5. The Labute approximate surface area is 129 Å². The minimum absolute atomic E-state index is 0.422. The molecule has 0 spiro atoms. The third-order valence-electron chi connectivity index (χ3n) is 2.50. The molecule has 0 bridgehead atoms. The maximum atomic E-state index is 13.6. The average molecular weight is 350 g/mol. The molecule has 0 atom stereocenters. The number of carbonyl (C=O) groups excluding carboxylic acids is 2. The Morgan fingerprint density at radius 1 is 0.870 bits per heavy atom. The average Bonchev–Trinajstić information content (AvgIpc) is 2.39. The van der Waals surface area contributed by atoms with E-state index >= 15 is 0 Å². The highest BCUT2D eigenvalue weighted by molar-refractivity contribution is 6.04. The van der Waals surface area contributed by atoms with Gasteiger partial charge in [0.1, 0.15) is 0 Å². The van der Waals surface area contributed by atoms with Gasteiger partial charge in [-0.3, -0.25) is 0 Å². The number of esters is 2. The third-order valence-corrected chi connectivity index (χ3v) is 2.50. The molecule has 0 heterocycles. The lowest BCUT2D eigenvalue weighted by molar-refractivity contribution is -0.333. The summed E-state index contributed by atoms with van der Waals surface area (Å²) in [6, 6.07) is 0. The van der Waals surface area contributed by atoms with Crippen LogP contribution in [0.2, 0.25) is 0 Å². The van der Waals surface area contributed by atoms with Crippen molar-refractivity contribution in [3.05, 3.63) is 0 Å². The Morgan fingerprint density at radius 3 is 1.39 bits per heavy atom. The first kappa shape index (κ1) is 21.6. The highest BCUT2D eigenvalue weighted by Gasteiger charge is 2.78. The van der Waals surface area contributed by atoms with E-state index in [9.17, 15) is 36.6 Å². The molecular formula is C13H19F5O5. The lowest BCUT2D eigenvalue weighted by Gasteiger charge is -2.32. The van der Waals surface area contributed by atoms with Gasteiger partial charge in [0.25, 0.3) is 0 Å². The normalized spacial score (nSPS) is 13.4. The molecule has 23 heavy (non-hydrogen) atoms. The Bertz CT molecular complexity index is 407. The lowest BCUT2D eigenvalue weighted by Crippen LogP contribution is -2.67. The summed E-state index contributed by atoms with van der Waals surface area (Å²) >= 11 is 0. The highest BCUT2D eigenvalue weighted by Crippen LogP contribution is 2.44. The van der Waals surface area contributed by atoms with Crippen LogP contribution < -0.4 is 0 Å². The molecule has 0 rings (SSSR count). The van der Waals surface area contributed by atoms with Crippen molar-refractivity contribution in [3.63, 3.8) is 0 Å². The number of halogens is 5. The summed E-state index contributed by atoms with van der Waals surface area (Å²) in [5.41, 5.74) is -4.81. The van der Waals surface area contributed by atoms with E-state index < -0.39 is 54.7 Å². The number of ether oxygens (including phenoxy) is 2. The molecule has 136 valence electrons. The molecule has 0 aromatic carbocycles. The van der Waals surface area contributed by atoms with Crippen molar-refractivity contribution in [1.29, 1.82) is 0 Å². The largest absolute Gasteiger partial charge is 0.463 e. The van der Waals surface area contributed by atoms with Gasteiger partial charge in [0.05, 0.1) is 13.2 Å². The second-order valence-electron chi connectivity index (χ2n) is 5.77. The van der Waals surface area contributed by atoms with Gasteiger partial charge in [0.15, 0.2) is 0 Å². The van der Waals surface area contributed by atoms with Crippen molar-refractivity contribution in [2.75, 3.05) is 13.2 Å². The third kappa shape index (κ3) is 4.76. The number of carbonyl (C=O) groups is 2. The Balaban J connectivity index is 5.69. The van der Waals surface area contributed by atoms with Crippen molar-refractivity contribution in [3.8, 4) is 0 Å². The van der Waals surface area contributed by atoms with E-state index in [-0.39, 0.29) is 0 Å². The molecular weight excluding hydrogens is 331 g/mol. The Morgan fingerprint density at radius 2 is 1.17 bits per heavy atom. The minimum atomic E-state index is -6.37. The zero-order chi connectivity index (χ0) is 18.6. The van der Waals surface area contributed by atoms with Gasteiger partial charge >= 0.3 is 29.6 Å². The summed E-state index contributed by atoms with van der Waals surface area (Å²) in [5.74, 6) is -11.8. The first-order chi connectivity index (χ1) is 10.2. The first-order valence-corrected chi connectivity index (χ1v) is 6.69. The highest BCUT2D eigenvalue weighted by atomic mass is 19.4. The fourth-order valence-corrected chi connectivity index (χ4v) is 1.24. The maximum absolute atomic E-state index is 13.6. The van der Waals surface area contributed by atoms with Crippen LogP contribution in [0, 0.1) is 11.8 Å². The zero-order valence-corrected chi connectivity index (χ0v) is 13.0. The molecule has 1 N–H and O–H groups in total. The van der Waals surface area contributed by atoms with Crippen molar-refractivity contribution in [1.82, 2.24) is 0 Å². The molecule has 0 unspecified atom stereocenters. The Kier molecular flexibility index (Phi) is 6.95. The molecule has 0 saturated carbocycles. The van der Waals surface area contributed by atoms with E-state index in [1.165, 1.54) is 27.7 Å². The van der Waals surface area contributed by atoms with Crippen LogP contribution in [0.4, 0.5) is 22.0 Å². The van der Waals surface area contributed by atoms with Crippen LogP contribution in [0.1, 0.15) is 27.7 Å². The van der Waals surface area contributed by atoms with Crippen LogP contribution in [0.15, 0.2) is 0 Å². The molecule has 0 aromatic rings. The summed E-state index contributed by atoms with van der Waals surface area (Å²) in [6.07, 6.45) is -6.37. The predicted molar refractivity (Wildman–Crippen MR) is 67.5 cm³/mol. The molecule has 0 amide bonds. The molecule has 0 aliphatic rings. The van der Waals surface area contributed by atoms with Gasteiger partial charge in [-0.15, -0.1) is 0 Å². The summed E-state index contributed by atoms with van der Waals surface area (Å²) < 4.78 is 73.1. The van der Waals surface area contributed by atoms with Crippen molar-refractivity contribution < 1.29 is 46.1 Å². The monoisotopic (exact) mass is 350 g/mol. The van der Waals surface area contributed by atoms with Gasteiger partial charge in [-0.25, -0.2) is 9.59 Å². The van der Waals surface area contributed by atoms with Crippen LogP contribution in [-0.2, 0) is 19.1 Å². The molecule has 10 heteroatoms. The second kappa shape index (κ2) is 7.41. The SMILES string of the molecule is CC(C)COC(=O)C(O)(C(=O)OCC(C)C)C(F)(F)C(F)(F)F. The summed E-state index contributed by atoms with van der Waals surface area (Å²) in [7, 11) is 0. The Hall–Kier alpha value is -1.45. The molecule has 0 fully saturated rings. The fraction of sp³-hybridized carbons (Fsp3) is 0.846. The molecule has 0 saturated heterocycles. The van der Waals surface area contributed by atoms with E-state index in [2.05, 4.69) is 9.47 Å². The van der Waals surface area contributed by atoms with E-state index in [0.29, 0.717) is 0 Å². The van der Waals surface area contributed by atoms with Crippen LogP contribution in [0.5, 0.6) is 0 Å². The summed E-state index contributed by atoms with van der Waals surface area (Å²) in [5, 5.41) is 9.62. The van der Waals surface area contributed by atoms with Gasteiger partial charge in [-0.1, -0.05) is 27.7 Å². The standard InChI is InChI=1S/C13H19F5O5/c1-7(2)5-22-9(19)11(21,10(20)23-6-8(3)4)12(14,15)13(16,17)18/h7-8,21H,5-6H2,1-4H3. The van der Waals surface area contributed by atoms with Gasteiger partial charge in [-0.2, -0.15) is 22.0 Å². The van der Waals surface area contributed by atoms with E-state index in [1.54, 1.807) is 0 Å². The van der Waals surface area contributed by atoms with E-state index in [1.807, 2.05) is 0 Å². The number of rotatable bonds is 7. The zero-order valence-electron chi connectivity index (χ0n) is 13.0. The molecule has 0 aromatic heterocycles. The molecule has 0 radical (unpaired) electrons. The molecule has 0 aliphatic carbocycles. The fourth-order valence-electron chi connectivity index (χ4n) is 1.24. The van der Waals surface area contributed by atoms with Crippen molar-refractivity contribution >= 4 is 11.9 Å². The smallest absolute Gasteiger partial charge is 0.457 e. The minimum Gasteiger partial charge on any atom is -0.463 e. The van der Waals surface area contributed by atoms with E-state index in [4.69, 9.17) is 0 Å². The molecule has 0 aliphatic heterocycles. The summed E-state index contributed by atoms with van der Waals surface area (Å²) in [6.45, 7) is 4.78. The van der Waals surface area contributed by atoms with Crippen LogP contribution in [0.3, 0.4) is 0 Å². The first-order valence-electron chi connectivity index (χ1n) is 6.69. The molecule has 5 nitrogen and oxygen atoms in total. The number of alkyl halides is 5. The summed E-state index contributed by atoms with van der Waals surface area (Å²) in [4.78, 5) is 23.2. The predicted octanol–water partition coefficient (Wildman–Crippen LogP) is 2.31. The van der Waals surface area contributed by atoms with Gasteiger partial charge in [-0.05, 0) is 11.8 Å². The number of hydrogen-bond donors (Lipinski definition) is 1. The van der Waals surface area contributed by atoms with E-state index in [0.717, 1.165) is 0 Å². The van der Waals surface area contributed by atoms with Crippen molar-refractivity contribution in [2.45, 2.75) is 45.4 Å². The lowest BCUT2D eigenvalue weighted by atomic mass is 9.94. The van der Waals surface area contributed by atoms with Gasteiger partial charge in [0, 0.05) is 0 Å². The van der Waals surface area contributed by atoms with Crippen molar-refractivity contribution in [2.24, 2.45) is 11.8 Å². The maximum Gasteiger partial charge on any atom is 0.457 e. The quantitative estimate of drug-likeness (QED) is 0.433. The van der Waals surface area contributed by atoms with Crippen LogP contribution >= 0.6 is 0 Å². The van der Waals surface area contributed by atoms with Gasteiger partial charge < -0.3 is 14.6 Å². The topological polar surface area (TPSA) is 72.8 Å².